The molecule has 6 nitrogen and oxygen atoms in total. The van der Waals surface area contributed by atoms with Gasteiger partial charge in [-0.2, -0.15) is 0 Å². The Kier molecular flexibility index (Phi) is 6.35. The first-order valence-electron chi connectivity index (χ1n) is 13.8. The maximum Gasteiger partial charge on any atom is 0.317 e. The Hall–Kier alpha value is -2.34. The van der Waals surface area contributed by atoms with E-state index in [1.807, 2.05) is 19.1 Å². The lowest BCUT2D eigenvalue weighted by Crippen LogP contribution is -2.62. The van der Waals surface area contributed by atoms with Crippen molar-refractivity contribution < 1.29 is 4.79 Å². The lowest BCUT2D eigenvalue weighted by Gasteiger charge is -2.57. The molecular weight excluding hydrogens is 470 g/mol. The zero-order chi connectivity index (χ0) is 24.9. The van der Waals surface area contributed by atoms with Gasteiger partial charge in [-0.05, 0) is 94.2 Å². The second-order valence-corrected chi connectivity index (χ2v) is 12.4. The van der Waals surface area contributed by atoms with E-state index < -0.39 is 0 Å². The summed E-state index contributed by atoms with van der Waals surface area (Å²) in [6.45, 7) is 7.24. The fraction of sp³-hybridized carbons (Fsp3) is 0.621. The monoisotopic (exact) mass is 507 g/mol. The van der Waals surface area contributed by atoms with E-state index in [1.165, 1.54) is 44.1 Å². The summed E-state index contributed by atoms with van der Waals surface area (Å²) < 4.78 is 0. The number of benzene rings is 1. The van der Waals surface area contributed by atoms with E-state index in [-0.39, 0.29) is 11.6 Å². The molecule has 1 N–H and O–H groups in total. The molecule has 7 rings (SSSR count). The molecule has 4 aliphatic carbocycles. The molecule has 0 atom stereocenters. The highest BCUT2D eigenvalue weighted by Crippen LogP contribution is 2.55. The summed E-state index contributed by atoms with van der Waals surface area (Å²) in [5.41, 5.74) is 3.44. The molecule has 0 radical (unpaired) electrons. The third-order valence-corrected chi connectivity index (χ3v) is 9.34. The van der Waals surface area contributed by atoms with Crippen LogP contribution < -0.4 is 10.2 Å². The zero-order valence-corrected chi connectivity index (χ0v) is 22.4. The molecule has 2 amide bonds. The number of aromatic nitrogens is 2. The average Bonchev–Trinajstić information content (AvgIpc) is 3.07. The maximum absolute atomic E-state index is 13.5. The number of hydrogen-bond acceptors (Lipinski definition) is 4. The minimum Gasteiger partial charge on any atom is -0.354 e. The number of rotatable bonds is 4. The van der Waals surface area contributed by atoms with E-state index in [9.17, 15) is 4.79 Å². The number of carbonyl (C=O) groups excluding carboxylic acids is 1. The summed E-state index contributed by atoms with van der Waals surface area (Å²) in [4.78, 5) is 27.5. The van der Waals surface area contributed by atoms with Gasteiger partial charge in [-0.1, -0.05) is 23.7 Å². The molecular formula is C29H38ClN5O. The highest BCUT2D eigenvalue weighted by atomic mass is 35.5. The van der Waals surface area contributed by atoms with Crippen molar-refractivity contribution >= 4 is 23.4 Å². The van der Waals surface area contributed by atoms with Crippen molar-refractivity contribution in [1.82, 2.24) is 20.2 Å². The van der Waals surface area contributed by atoms with Gasteiger partial charge < -0.3 is 15.1 Å². The molecule has 4 saturated carbocycles. The molecule has 5 fully saturated rings. The SMILES string of the molecule is Cc1nc(C)c(Cc2ccc(Cl)cc2)c(N2CCCN(C(=O)NC34CC5CC(CC(C5)C3)C4)CC2)n1. The first-order chi connectivity index (χ1) is 17.4. The first-order valence-corrected chi connectivity index (χ1v) is 14.1. The molecule has 1 aromatic carbocycles. The van der Waals surface area contributed by atoms with E-state index in [1.54, 1.807) is 0 Å². The number of halogens is 1. The highest BCUT2D eigenvalue weighted by Gasteiger charge is 2.51. The first kappa shape index (κ1) is 24.0. The van der Waals surface area contributed by atoms with Crippen LogP contribution in [0.5, 0.6) is 0 Å². The van der Waals surface area contributed by atoms with Gasteiger partial charge in [0, 0.05) is 54.4 Å². The van der Waals surface area contributed by atoms with Crippen LogP contribution in [-0.4, -0.2) is 52.6 Å². The van der Waals surface area contributed by atoms with Gasteiger partial charge in [0.1, 0.15) is 11.6 Å². The van der Waals surface area contributed by atoms with Gasteiger partial charge in [-0.15, -0.1) is 0 Å². The van der Waals surface area contributed by atoms with Crippen LogP contribution in [0.15, 0.2) is 24.3 Å². The number of nitrogens with zero attached hydrogens (tertiary/aromatic N) is 4. The molecule has 0 spiro atoms. The largest absolute Gasteiger partial charge is 0.354 e. The minimum atomic E-state index is 0.0600. The minimum absolute atomic E-state index is 0.0600. The third kappa shape index (κ3) is 4.81. The molecule has 36 heavy (non-hydrogen) atoms. The predicted molar refractivity (Wildman–Crippen MR) is 144 cm³/mol. The van der Waals surface area contributed by atoms with Crippen LogP contribution in [0.4, 0.5) is 10.6 Å². The molecule has 1 saturated heterocycles. The Labute approximate surface area is 219 Å². The van der Waals surface area contributed by atoms with Crippen molar-refractivity contribution in [2.45, 2.75) is 70.8 Å². The summed E-state index contributed by atoms with van der Waals surface area (Å²) in [6, 6.07) is 8.17. The predicted octanol–water partition coefficient (Wildman–Crippen LogP) is 5.53. The van der Waals surface area contributed by atoms with Crippen LogP contribution in [0.1, 0.15) is 67.6 Å². The lowest BCUT2D eigenvalue weighted by atomic mass is 9.53. The molecule has 192 valence electrons. The van der Waals surface area contributed by atoms with Crippen LogP contribution in [0, 0.1) is 31.6 Å². The molecule has 7 heteroatoms. The zero-order valence-electron chi connectivity index (χ0n) is 21.6. The number of urea groups is 1. The van der Waals surface area contributed by atoms with Gasteiger partial charge in [0.2, 0.25) is 0 Å². The van der Waals surface area contributed by atoms with Crippen LogP contribution in [0.25, 0.3) is 0 Å². The Balaban J connectivity index is 1.16. The van der Waals surface area contributed by atoms with Crippen molar-refractivity contribution in [3.8, 4) is 0 Å². The maximum atomic E-state index is 13.5. The Morgan fingerprint density at radius 2 is 1.64 bits per heavy atom. The summed E-state index contributed by atoms with van der Waals surface area (Å²) >= 11 is 6.11. The molecule has 1 aliphatic heterocycles. The topological polar surface area (TPSA) is 61.4 Å². The summed E-state index contributed by atoms with van der Waals surface area (Å²) in [5, 5.41) is 4.32. The number of anilines is 1. The van der Waals surface area contributed by atoms with Gasteiger partial charge in [-0.3, -0.25) is 0 Å². The summed E-state index contributed by atoms with van der Waals surface area (Å²) in [5.74, 6) is 4.31. The summed E-state index contributed by atoms with van der Waals surface area (Å²) in [6.07, 6.45) is 9.47. The van der Waals surface area contributed by atoms with E-state index >= 15 is 0 Å². The van der Waals surface area contributed by atoms with Gasteiger partial charge in [-0.25, -0.2) is 14.8 Å². The fourth-order valence-corrected chi connectivity index (χ4v) is 8.02. The molecule has 4 bridgehead atoms. The average molecular weight is 508 g/mol. The van der Waals surface area contributed by atoms with Crippen LogP contribution in [0.2, 0.25) is 5.02 Å². The number of aryl methyl sites for hydroxylation is 2. The second-order valence-electron chi connectivity index (χ2n) is 11.9. The smallest absolute Gasteiger partial charge is 0.317 e. The lowest BCUT2D eigenvalue weighted by molar-refractivity contribution is -0.0155. The van der Waals surface area contributed by atoms with E-state index in [0.29, 0.717) is 0 Å². The number of carbonyl (C=O) groups is 1. The van der Waals surface area contributed by atoms with Gasteiger partial charge in [0.15, 0.2) is 0 Å². The molecule has 5 aliphatic rings. The van der Waals surface area contributed by atoms with Crippen LogP contribution >= 0.6 is 11.6 Å². The van der Waals surface area contributed by atoms with Crippen LogP contribution in [-0.2, 0) is 6.42 Å². The van der Waals surface area contributed by atoms with Gasteiger partial charge >= 0.3 is 6.03 Å². The number of amides is 2. The fourth-order valence-electron chi connectivity index (χ4n) is 7.89. The van der Waals surface area contributed by atoms with E-state index in [0.717, 1.165) is 84.7 Å². The molecule has 1 aromatic heterocycles. The Bertz CT molecular complexity index is 1100. The Morgan fingerprint density at radius 1 is 0.972 bits per heavy atom. The quantitative estimate of drug-likeness (QED) is 0.591. The van der Waals surface area contributed by atoms with Crippen molar-refractivity contribution in [1.29, 1.82) is 0 Å². The second kappa shape index (κ2) is 9.51. The van der Waals surface area contributed by atoms with Crippen molar-refractivity contribution in [3.63, 3.8) is 0 Å². The van der Waals surface area contributed by atoms with Crippen molar-refractivity contribution in [3.05, 3.63) is 51.9 Å². The van der Waals surface area contributed by atoms with E-state index in [4.69, 9.17) is 16.6 Å². The molecule has 2 heterocycles. The summed E-state index contributed by atoms with van der Waals surface area (Å²) in [7, 11) is 0. The van der Waals surface area contributed by atoms with E-state index in [2.05, 4.69) is 39.2 Å². The number of hydrogen-bond donors (Lipinski definition) is 1. The van der Waals surface area contributed by atoms with Crippen molar-refractivity contribution in [2.24, 2.45) is 17.8 Å². The van der Waals surface area contributed by atoms with Gasteiger partial charge in [0.05, 0.1) is 0 Å². The standard InChI is InChI=1S/C29H38ClN5O/c1-19-26(15-21-4-6-25(30)7-5-21)27(32-20(2)31-19)34-8-3-9-35(11-10-34)28(36)33-29-16-22-12-23(17-29)14-24(13-22)18-29/h4-7,22-24H,3,8-18H2,1-2H3,(H,33,36). The molecule has 0 unspecified atom stereocenters. The third-order valence-electron chi connectivity index (χ3n) is 9.09. The highest BCUT2D eigenvalue weighted by molar-refractivity contribution is 6.30. The van der Waals surface area contributed by atoms with Gasteiger partial charge in [0.25, 0.3) is 0 Å². The number of nitrogens with one attached hydrogen (secondary N) is 1. The normalized spacial score (nSPS) is 29.4. The molecule has 2 aromatic rings. The van der Waals surface area contributed by atoms with Crippen LogP contribution in [0.3, 0.4) is 0 Å². The van der Waals surface area contributed by atoms with Crippen molar-refractivity contribution in [2.75, 3.05) is 31.1 Å². The Morgan fingerprint density at radius 3 is 2.31 bits per heavy atom.